The topological polar surface area (TPSA) is 20.3 Å². The molecule has 0 N–H and O–H groups in total. The van der Waals surface area contributed by atoms with Crippen LogP contribution in [0.3, 0.4) is 0 Å². The fourth-order valence-electron chi connectivity index (χ4n) is 5.74. The zero-order valence-corrected chi connectivity index (χ0v) is 12.2. The highest BCUT2D eigenvalue weighted by Gasteiger charge is 2.56. The van der Waals surface area contributed by atoms with Gasteiger partial charge in [0.1, 0.15) is 6.04 Å². The van der Waals surface area contributed by atoms with Gasteiger partial charge in [0.2, 0.25) is 5.91 Å². The lowest BCUT2D eigenvalue weighted by atomic mass is 9.69. The molecule has 0 aromatic heterocycles. The lowest BCUT2D eigenvalue weighted by Gasteiger charge is -2.59. The molecule has 19 heavy (non-hydrogen) atoms. The molecule has 0 aromatic rings. The summed E-state index contributed by atoms with van der Waals surface area (Å²) < 4.78 is 1.21. The summed E-state index contributed by atoms with van der Waals surface area (Å²) in [7, 11) is 2.44. The van der Waals surface area contributed by atoms with Crippen molar-refractivity contribution in [3.8, 4) is 0 Å². The van der Waals surface area contributed by atoms with E-state index in [-0.39, 0.29) is 0 Å². The Morgan fingerprint density at radius 3 is 2.89 bits per heavy atom. The lowest BCUT2D eigenvalue weighted by Crippen LogP contribution is -2.71. The van der Waals surface area contributed by atoms with Crippen molar-refractivity contribution in [2.24, 2.45) is 11.8 Å². The number of carbonyl (C=O) groups is 1. The highest BCUT2D eigenvalue weighted by atomic mass is 16.2. The van der Waals surface area contributed by atoms with Gasteiger partial charge in [-0.3, -0.25) is 4.79 Å². The quantitative estimate of drug-likeness (QED) is 0.612. The van der Waals surface area contributed by atoms with E-state index >= 15 is 0 Å². The third kappa shape index (κ3) is 1.70. The number of rotatable bonds is 0. The molecule has 0 aliphatic carbocycles. The molecule has 1 amide bonds. The number of carbonyl (C=O) groups excluding carboxylic acids is 1. The van der Waals surface area contributed by atoms with E-state index in [0.717, 1.165) is 12.5 Å². The Hall–Kier alpha value is -0.570. The molecule has 0 spiro atoms. The summed E-state index contributed by atoms with van der Waals surface area (Å²) in [5, 5.41) is 0. The molecule has 2 bridgehead atoms. The van der Waals surface area contributed by atoms with E-state index in [4.69, 9.17) is 0 Å². The van der Waals surface area contributed by atoms with Gasteiger partial charge in [0.05, 0.1) is 26.1 Å². The van der Waals surface area contributed by atoms with Crippen molar-refractivity contribution in [2.75, 3.05) is 26.7 Å². The Bertz CT molecular complexity index is 396. The molecule has 4 fully saturated rings. The Balaban J connectivity index is 1.68. The van der Waals surface area contributed by atoms with Gasteiger partial charge in [-0.25, -0.2) is 0 Å². The summed E-state index contributed by atoms with van der Waals surface area (Å²) in [6.45, 7) is 3.71. The van der Waals surface area contributed by atoms with E-state index < -0.39 is 0 Å². The number of piperidine rings is 4. The summed E-state index contributed by atoms with van der Waals surface area (Å²) in [5.74, 6) is 1.68. The Kier molecular flexibility index (Phi) is 2.70. The number of nitrogens with zero attached hydrogens (tertiary/aromatic N) is 2. The first-order chi connectivity index (χ1) is 9.19. The molecule has 4 heterocycles. The zero-order chi connectivity index (χ0) is 13.0. The normalized spacial score (nSPS) is 49.5. The van der Waals surface area contributed by atoms with E-state index in [9.17, 15) is 4.79 Å². The fraction of sp³-hybridized carbons (Fsp3) is 0.938. The van der Waals surface area contributed by atoms with Gasteiger partial charge < -0.3 is 9.38 Å². The van der Waals surface area contributed by atoms with Crippen molar-refractivity contribution in [1.29, 1.82) is 0 Å². The van der Waals surface area contributed by atoms with Gasteiger partial charge in [-0.15, -0.1) is 0 Å². The summed E-state index contributed by atoms with van der Waals surface area (Å²) in [5.41, 5.74) is 0. The summed E-state index contributed by atoms with van der Waals surface area (Å²) in [6, 6.07) is 1.23. The first-order valence-electron chi connectivity index (χ1n) is 8.34. The van der Waals surface area contributed by atoms with Crippen molar-refractivity contribution in [1.82, 2.24) is 4.90 Å². The van der Waals surface area contributed by atoms with E-state index in [0.29, 0.717) is 23.9 Å². The number of quaternary nitrogens is 1. The number of hydrogen-bond donors (Lipinski definition) is 0. The van der Waals surface area contributed by atoms with Gasteiger partial charge in [0, 0.05) is 24.9 Å². The molecule has 4 saturated heterocycles. The van der Waals surface area contributed by atoms with Crippen LogP contribution in [0.5, 0.6) is 0 Å². The predicted molar refractivity (Wildman–Crippen MR) is 74.5 cm³/mol. The third-order valence-corrected chi connectivity index (χ3v) is 6.59. The Labute approximate surface area is 116 Å². The Morgan fingerprint density at radius 1 is 1.16 bits per heavy atom. The van der Waals surface area contributed by atoms with Gasteiger partial charge >= 0.3 is 0 Å². The van der Waals surface area contributed by atoms with Crippen LogP contribution in [-0.2, 0) is 4.79 Å². The first kappa shape index (κ1) is 12.2. The van der Waals surface area contributed by atoms with Crippen LogP contribution in [0.15, 0.2) is 0 Å². The van der Waals surface area contributed by atoms with E-state index in [1.54, 1.807) is 0 Å². The van der Waals surface area contributed by atoms with Crippen LogP contribution < -0.4 is 0 Å². The smallest absolute Gasteiger partial charge is 0.231 e. The highest BCUT2D eigenvalue weighted by Crippen LogP contribution is 2.46. The molecular weight excluding hydrogens is 236 g/mol. The van der Waals surface area contributed by atoms with Crippen LogP contribution in [0.4, 0.5) is 0 Å². The maximum absolute atomic E-state index is 12.9. The van der Waals surface area contributed by atoms with E-state index in [2.05, 4.69) is 11.9 Å². The summed E-state index contributed by atoms with van der Waals surface area (Å²) in [6.07, 6.45) is 9.05. The predicted octanol–water partition coefficient (Wildman–Crippen LogP) is 2.02. The second kappa shape index (κ2) is 4.21. The molecule has 3 heteroatoms. The van der Waals surface area contributed by atoms with Crippen LogP contribution in [0, 0.1) is 11.8 Å². The maximum atomic E-state index is 12.9. The number of amides is 1. The molecule has 0 saturated carbocycles. The minimum atomic E-state index is 0.360. The van der Waals surface area contributed by atoms with Crippen LogP contribution in [0.2, 0.25) is 0 Å². The molecule has 3 nitrogen and oxygen atoms in total. The molecule has 4 aliphatic rings. The summed E-state index contributed by atoms with van der Waals surface area (Å²) >= 11 is 0. The lowest BCUT2D eigenvalue weighted by molar-refractivity contribution is -0.950. The van der Waals surface area contributed by atoms with Crippen molar-refractivity contribution >= 4 is 5.91 Å². The molecule has 106 valence electrons. The zero-order valence-electron chi connectivity index (χ0n) is 12.2. The highest BCUT2D eigenvalue weighted by molar-refractivity contribution is 5.81. The molecule has 5 atom stereocenters. The van der Waals surface area contributed by atoms with Gasteiger partial charge in [-0.05, 0) is 38.5 Å². The standard InChI is InChI=1S/C16H27N2O/c1-18-9-5-3-7-15(18)13-10-12(11-18)14-6-2-4-8-17(14)16(13)19/h12-15H,2-11H2,1H3/q+1/t12-,13+,14-,15+,18+/m0/s1. The molecule has 0 aromatic carbocycles. The van der Waals surface area contributed by atoms with Gasteiger partial charge in [-0.2, -0.15) is 0 Å². The molecule has 0 radical (unpaired) electrons. The second-order valence-electron chi connectivity index (χ2n) is 7.65. The van der Waals surface area contributed by atoms with E-state index in [1.807, 2.05) is 0 Å². The van der Waals surface area contributed by atoms with Crippen LogP contribution in [0.1, 0.15) is 44.9 Å². The van der Waals surface area contributed by atoms with Crippen LogP contribution in [0.25, 0.3) is 0 Å². The van der Waals surface area contributed by atoms with Gasteiger partial charge in [0.25, 0.3) is 0 Å². The minimum Gasteiger partial charge on any atom is -0.339 e. The average Bonchev–Trinajstić information content (AvgIpc) is 2.43. The minimum absolute atomic E-state index is 0.360. The first-order valence-corrected chi connectivity index (χ1v) is 8.34. The molecule has 4 aliphatic heterocycles. The number of fused-ring (bicyclic) bond motifs is 6. The van der Waals surface area contributed by atoms with Crippen molar-refractivity contribution in [3.63, 3.8) is 0 Å². The van der Waals surface area contributed by atoms with Gasteiger partial charge in [-0.1, -0.05) is 0 Å². The second-order valence-corrected chi connectivity index (χ2v) is 7.65. The van der Waals surface area contributed by atoms with E-state index in [1.165, 1.54) is 62.5 Å². The van der Waals surface area contributed by atoms with Crippen molar-refractivity contribution in [3.05, 3.63) is 0 Å². The monoisotopic (exact) mass is 263 g/mol. The SMILES string of the molecule is C[N@+]12CCCC[C@@H]1[C@H]1C[C@@H](C2)[C@@H]2CCCCN2C1=O. The number of hydrogen-bond acceptors (Lipinski definition) is 1. The van der Waals surface area contributed by atoms with Gasteiger partial charge in [0.15, 0.2) is 0 Å². The van der Waals surface area contributed by atoms with Crippen LogP contribution >= 0.6 is 0 Å². The largest absolute Gasteiger partial charge is 0.339 e. The summed E-state index contributed by atoms with van der Waals surface area (Å²) in [4.78, 5) is 15.2. The molecular formula is C16H27N2O+. The third-order valence-electron chi connectivity index (χ3n) is 6.59. The van der Waals surface area contributed by atoms with Crippen molar-refractivity contribution < 1.29 is 9.28 Å². The van der Waals surface area contributed by atoms with Crippen LogP contribution in [-0.4, -0.2) is 54.1 Å². The average molecular weight is 263 g/mol. The fourth-order valence-corrected chi connectivity index (χ4v) is 5.74. The molecule has 4 rings (SSSR count). The maximum Gasteiger partial charge on any atom is 0.231 e. The van der Waals surface area contributed by atoms with Crippen molar-refractivity contribution in [2.45, 2.75) is 57.0 Å². The molecule has 0 unspecified atom stereocenters. The Morgan fingerprint density at radius 2 is 2.00 bits per heavy atom.